The molecule has 1 heterocycles. The van der Waals surface area contributed by atoms with Crippen LogP contribution >= 0.6 is 11.8 Å². The molecule has 0 aliphatic carbocycles. The van der Waals surface area contributed by atoms with E-state index in [-0.39, 0.29) is 23.6 Å². The fourth-order valence-electron chi connectivity index (χ4n) is 2.40. The first kappa shape index (κ1) is 21.4. The van der Waals surface area contributed by atoms with Crippen LogP contribution in [0.25, 0.3) is 5.69 Å². The number of alkyl halides is 3. The number of carbonyl (C=O) groups excluding carboxylic acids is 1. The first-order chi connectivity index (χ1) is 14.4. The first-order valence-electron chi connectivity index (χ1n) is 8.51. The molecule has 0 fully saturated rings. The number of nitrogens with zero attached hydrogens (tertiary/aromatic N) is 4. The molecular formula is C18H16F3N5O3S. The standard InChI is InChI=1S/C18H16F3N5O3S/c1-28-14-8-6-13(7-9-14)26-17(23-24-25-26)30-11-16(27)22-10-12-4-2-3-5-15(12)29-18(19,20)21/h2-9H,10-11H2,1H3,(H,22,27). The molecule has 3 aromatic rings. The summed E-state index contributed by atoms with van der Waals surface area (Å²) in [4.78, 5) is 12.2. The summed E-state index contributed by atoms with van der Waals surface area (Å²) in [5.41, 5.74) is 0.887. The zero-order chi connectivity index (χ0) is 21.6. The average Bonchev–Trinajstić information content (AvgIpc) is 3.19. The number of aromatic nitrogens is 4. The van der Waals surface area contributed by atoms with Crippen LogP contribution in [-0.2, 0) is 11.3 Å². The Morgan fingerprint density at radius 1 is 1.17 bits per heavy atom. The van der Waals surface area contributed by atoms with Gasteiger partial charge in [0.1, 0.15) is 11.5 Å². The van der Waals surface area contributed by atoms with Crippen molar-refractivity contribution in [3.63, 3.8) is 0 Å². The first-order valence-corrected chi connectivity index (χ1v) is 9.50. The lowest BCUT2D eigenvalue weighted by Gasteiger charge is -2.13. The molecule has 1 amide bonds. The number of para-hydroxylation sites is 1. The van der Waals surface area contributed by atoms with Gasteiger partial charge in [-0.1, -0.05) is 30.0 Å². The molecule has 8 nitrogen and oxygen atoms in total. The van der Waals surface area contributed by atoms with Crippen molar-refractivity contribution in [1.29, 1.82) is 0 Å². The molecule has 0 saturated carbocycles. The van der Waals surface area contributed by atoms with Crippen LogP contribution in [0.2, 0.25) is 0 Å². The van der Waals surface area contributed by atoms with Gasteiger partial charge in [0.25, 0.3) is 0 Å². The van der Waals surface area contributed by atoms with Crippen molar-refractivity contribution in [2.24, 2.45) is 0 Å². The Hall–Kier alpha value is -3.28. The van der Waals surface area contributed by atoms with Gasteiger partial charge in [0.05, 0.1) is 18.6 Å². The highest BCUT2D eigenvalue weighted by Gasteiger charge is 2.32. The number of benzene rings is 2. The third-order valence-electron chi connectivity index (χ3n) is 3.76. The van der Waals surface area contributed by atoms with E-state index in [0.717, 1.165) is 11.8 Å². The highest BCUT2D eigenvalue weighted by Crippen LogP contribution is 2.26. The molecular weight excluding hydrogens is 423 g/mol. The van der Waals surface area contributed by atoms with Crippen LogP contribution in [0.5, 0.6) is 11.5 Å². The number of thioether (sulfide) groups is 1. The van der Waals surface area contributed by atoms with E-state index in [1.807, 2.05) is 0 Å². The van der Waals surface area contributed by atoms with Gasteiger partial charge in [-0.25, -0.2) is 0 Å². The van der Waals surface area contributed by atoms with Gasteiger partial charge in [-0.2, -0.15) is 4.68 Å². The Bertz CT molecular complexity index is 995. The molecule has 0 unspecified atom stereocenters. The van der Waals surface area contributed by atoms with Gasteiger partial charge < -0.3 is 14.8 Å². The SMILES string of the molecule is COc1ccc(-n2nnnc2SCC(=O)NCc2ccccc2OC(F)(F)F)cc1. The van der Waals surface area contributed by atoms with Crippen LogP contribution in [0.15, 0.2) is 53.7 Å². The lowest BCUT2D eigenvalue weighted by molar-refractivity contribution is -0.274. The van der Waals surface area contributed by atoms with Crippen molar-refractivity contribution in [2.75, 3.05) is 12.9 Å². The summed E-state index contributed by atoms with van der Waals surface area (Å²) in [5.74, 6) is -0.110. The molecule has 0 radical (unpaired) electrons. The van der Waals surface area contributed by atoms with E-state index in [1.165, 1.54) is 22.9 Å². The summed E-state index contributed by atoms with van der Waals surface area (Å²) in [6, 6.07) is 12.6. The van der Waals surface area contributed by atoms with Gasteiger partial charge in [-0.15, -0.1) is 18.3 Å². The molecule has 0 spiro atoms. The molecule has 2 aromatic carbocycles. The minimum Gasteiger partial charge on any atom is -0.497 e. The molecule has 30 heavy (non-hydrogen) atoms. The molecule has 0 saturated heterocycles. The maximum absolute atomic E-state index is 12.5. The lowest BCUT2D eigenvalue weighted by Crippen LogP contribution is -2.26. The Labute approximate surface area is 173 Å². The van der Waals surface area contributed by atoms with Crippen molar-refractivity contribution >= 4 is 17.7 Å². The van der Waals surface area contributed by atoms with E-state index >= 15 is 0 Å². The third-order valence-corrected chi connectivity index (χ3v) is 4.68. The molecule has 0 aliphatic heterocycles. The minimum atomic E-state index is -4.81. The summed E-state index contributed by atoms with van der Waals surface area (Å²) in [6.45, 7) is -0.116. The summed E-state index contributed by atoms with van der Waals surface area (Å²) in [5, 5.41) is 14.3. The second-order valence-corrected chi connectivity index (χ2v) is 6.73. The number of hydrogen-bond acceptors (Lipinski definition) is 7. The quantitative estimate of drug-likeness (QED) is 0.540. The largest absolute Gasteiger partial charge is 0.573 e. The fraction of sp³-hybridized carbons (Fsp3) is 0.222. The van der Waals surface area contributed by atoms with Crippen LogP contribution in [-0.4, -0.2) is 45.3 Å². The average molecular weight is 439 g/mol. The molecule has 0 atom stereocenters. The smallest absolute Gasteiger partial charge is 0.497 e. The van der Waals surface area contributed by atoms with E-state index in [0.29, 0.717) is 16.6 Å². The van der Waals surface area contributed by atoms with Crippen LogP contribution < -0.4 is 14.8 Å². The predicted octanol–water partition coefficient (Wildman–Crippen LogP) is 2.98. The van der Waals surface area contributed by atoms with Gasteiger partial charge in [-0.3, -0.25) is 4.79 Å². The molecule has 0 bridgehead atoms. The lowest BCUT2D eigenvalue weighted by atomic mass is 10.2. The van der Waals surface area contributed by atoms with E-state index in [9.17, 15) is 18.0 Å². The number of tetrazole rings is 1. The predicted molar refractivity (Wildman–Crippen MR) is 101 cm³/mol. The number of rotatable bonds is 8. The Morgan fingerprint density at radius 3 is 2.60 bits per heavy atom. The monoisotopic (exact) mass is 439 g/mol. The molecule has 158 valence electrons. The highest BCUT2D eigenvalue weighted by atomic mass is 32.2. The molecule has 1 N–H and O–H groups in total. The number of methoxy groups -OCH3 is 1. The molecule has 0 aliphatic rings. The zero-order valence-electron chi connectivity index (χ0n) is 15.6. The summed E-state index contributed by atoms with van der Waals surface area (Å²) in [6.07, 6.45) is -4.81. The molecule has 1 aromatic heterocycles. The second-order valence-electron chi connectivity index (χ2n) is 5.79. The van der Waals surface area contributed by atoms with Crippen LogP contribution in [0.1, 0.15) is 5.56 Å². The van der Waals surface area contributed by atoms with Gasteiger partial charge in [0.15, 0.2) is 0 Å². The normalized spacial score (nSPS) is 11.2. The summed E-state index contributed by atoms with van der Waals surface area (Å²) >= 11 is 1.09. The zero-order valence-corrected chi connectivity index (χ0v) is 16.4. The van der Waals surface area contributed by atoms with Crippen LogP contribution in [0.3, 0.4) is 0 Å². The number of halogens is 3. The third kappa shape index (κ3) is 5.86. The molecule has 3 rings (SSSR count). The highest BCUT2D eigenvalue weighted by molar-refractivity contribution is 7.99. The van der Waals surface area contributed by atoms with E-state index in [2.05, 4.69) is 25.6 Å². The molecule has 12 heteroatoms. The number of ether oxygens (including phenoxy) is 2. The van der Waals surface area contributed by atoms with Crippen molar-refractivity contribution in [2.45, 2.75) is 18.1 Å². The fourth-order valence-corrected chi connectivity index (χ4v) is 3.12. The van der Waals surface area contributed by atoms with Gasteiger partial charge in [0.2, 0.25) is 11.1 Å². The topological polar surface area (TPSA) is 91.2 Å². The van der Waals surface area contributed by atoms with Crippen LogP contribution in [0, 0.1) is 0 Å². The van der Waals surface area contributed by atoms with Crippen LogP contribution in [0.4, 0.5) is 13.2 Å². The van der Waals surface area contributed by atoms with Gasteiger partial charge >= 0.3 is 6.36 Å². The van der Waals surface area contributed by atoms with Crippen molar-refractivity contribution in [3.05, 3.63) is 54.1 Å². The van der Waals surface area contributed by atoms with E-state index in [1.54, 1.807) is 37.4 Å². The number of amides is 1. The maximum atomic E-state index is 12.5. The van der Waals surface area contributed by atoms with E-state index < -0.39 is 12.3 Å². The summed E-state index contributed by atoms with van der Waals surface area (Å²) < 4.78 is 48.0. The van der Waals surface area contributed by atoms with Crippen molar-refractivity contribution in [1.82, 2.24) is 25.5 Å². The number of nitrogens with one attached hydrogen (secondary N) is 1. The minimum absolute atomic E-state index is 0.0289. The Morgan fingerprint density at radius 2 is 1.90 bits per heavy atom. The number of hydrogen-bond donors (Lipinski definition) is 1. The van der Waals surface area contributed by atoms with Gasteiger partial charge in [-0.05, 0) is 40.8 Å². The number of carbonyl (C=O) groups is 1. The van der Waals surface area contributed by atoms with Gasteiger partial charge in [0, 0.05) is 12.1 Å². The second kappa shape index (κ2) is 9.48. The Balaban J connectivity index is 1.57. The van der Waals surface area contributed by atoms with Crippen molar-refractivity contribution in [3.8, 4) is 17.2 Å². The van der Waals surface area contributed by atoms with Crippen molar-refractivity contribution < 1.29 is 27.4 Å². The Kier molecular flexibility index (Phi) is 6.77. The summed E-state index contributed by atoms with van der Waals surface area (Å²) in [7, 11) is 1.56. The van der Waals surface area contributed by atoms with E-state index in [4.69, 9.17) is 4.74 Å². The maximum Gasteiger partial charge on any atom is 0.573 e.